The Morgan fingerprint density at radius 2 is 1.90 bits per heavy atom. The van der Waals surface area contributed by atoms with E-state index in [1.807, 2.05) is 14.1 Å². The normalized spacial score (nSPS) is 13.7. The number of hydrogen-bond acceptors (Lipinski definition) is 7. The van der Waals surface area contributed by atoms with Crippen LogP contribution in [-0.2, 0) is 0 Å². The van der Waals surface area contributed by atoms with Crippen molar-refractivity contribution in [1.29, 1.82) is 0 Å². The maximum atomic E-state index is 10.0. The molecule has 21 heavy (non-hydrogen) atoms. The molecule has 0 radical (unpaired) electrons. The third-order valence-corrected chi connectivity index (χ3v) is 3.39. The third-order valence-electron chi connectivity index (χ3n) is 2.59. The van der Waals surface area contributed by atoms with Crippen LogP contribution < -0.4 is 5.73 Å². The number of nitrogens with zero attached hydrogens (tertiary/aromatic N) is 3. The number of halogens is 2. The van der Waals surface area contributed by atoms with Gasteiger partial charge in [0.25, 0.3) is 5.22 Å². The van der Waals surface area contributed by atoms with E-state index in [4.69, 9.17) is 10.2 Å². The molecule has 1 aromatic rings. The molecular formula is C12H26Cl2N4O2S. The highest BCUT2D eigenvalue weighted by Crippen LogP contribution is 2.23. The predicted octanol–water partition coefficient (Wildman–Crippen LogP) is 1.97. The first-order chi connectivity index (χ1) is 8.90. The lowest BCUT2D eigenvalue weighted by atomic mass is 10.0. The highest BCUT2D eigenvalue weighted by molar-refractivity contribution is 7.99. The summed E-state index contributed by atoms with van der Waals surface area (Å²) in [6.45, 7) is 5.05. The van der Waals surface area contributed by atoms with Gasteiger partial charge >= 0.3 is 0 Å². The van der Waals surface area contributed by atoms with Crippen LogP contribution in [0.25, 0.3) is 0 Å². The average Bonchev–Trinajstić information content (AvgIpc) is 2.75. The summed E-state index contributed by atoms with van der Waals surface area (Å²) in [5, 5.41) is 18.3. The molecule has 0 aromatic carbocycles. The van der Waals surface area contributed by atoms with Crippen LogP contribution in [0, 0.1) is 5.92 Å². The zero-order valence-electron chi connectivity index (χ0n) is 12.9. The van der Waals surface area contributed by atoms with E-state index in [9.17, 15) is 5.11 Å². The van der Waals surface area contributed by atoms with E-state index < -0.39 is 6.10 Å². The van der Waals surface area contributed by atoms with Crippen LogP contribution in [0.1, 0.15) is 32.3 Å². The van der Waals surface area contributed by atoms with Crippen molar-refractivity contribution in [3.8, 4) is 0 Å². The lowest BCUT2D eigenvalue weighted by Crippen LogP contribution is -2.30. The number of rotatable bonds is 8. The molecular weight excluding hydrogens is 335 g/mol. The van der Waals surface area contributed by atoms with Crippen LogP contribution in [0.4, 0.5) is 0 Å². The molecule has 0 aliphatic heterocycles. The smallest absolute Gasteiger partial charge is 0.276 e. The van der Waals surface area contributed by atoms with Gasteiger partial charge in [-0.15, -0.1) is 35.0 Å². The van der Waals surface area contributed by atoms with E-state index in [2.05, 4.69) is 28.9 Å². The quantitative estimate of drug-likeness (QED) is 0.685. The minimum Gasteiger partial charge on any atom is -0.413 e. The van der Waals surface area contributed by atoms with E-state index in [0.717, 1.165) is 12.3 Å². The maximum absolute atomic E-state index is 10.0. The number of thioether (sulfide) groups is 1. The van der Waals surface area contributed by atoms with E-state index in [1.54, 1.807) is 0 Å². The zero-order valence-corrected chi connectivity index (χ0v) is 15.3. The predicted molar refractivity (Wildman–Crippen MR) is 90.5 cm³/mol. The molecule has 9 heteroatoms. The summed E-state index contributed by atoms with van der Waals surface area (Å²) < 4.78 is 5.42. The zero-order chi connectivity index (χ0) is 14.4. The van der Waals surface area contributed by atoms with Crippen LogP contribution in [-0.4, -0.2) is 52.6 Å². The Hall–Kier alpha value is -0.0500. The van der Waals surface area contributed by atoms with Gasteiger partial charge in [-0.05, 0) is 26.4 Å². The number of nitrogens with two attached hydrogens (primary N) is 1. The van der Waals surface area contributed by atoms with Crippen LogP contribution in [0.15, 0.2) is 9.64 Å². The van der Waals surface area contributed by atoms with Crippen LogP contribution >= 0.6 is 36.6 Å². The van der Waals surface area contributed by atoms with Gasteiger partial charge < -0.3 is 20.2 Å². The number of aliphatic hydroxyl groups is 1. The molecule has 126 valence electrons. The van der Waals surface area contributed by atoms with Crippen molar-refractivity contribution in [3.05, 3.63) is 5.89 Å². The SMILES string of the molecule is CC(C)CC(N)C(O)c1nnc(SCCN(C)C)o1.Cl.Cl. The van der Waals surface area contributed by atoms with Gasteiger partial charge in [0, 0.05) is 18.3 Å². The third kappa shape index (κ3) is 8.85. The second-order valence-electron chi connectivity index (χ2n) is 5.30. The molecule has 6 nitrogen and oxygen atoms in total. The van der Waals surface area contributed by atoms with Crippen molar-refractivity contribution in [2.24, 2.45) is 11.7 Å². The Morgan fingerprint density at radius 1 is 1.29 bits per heavy atom. The first-order valence-electron chi connectivity index (χ1n) is 6.44. The Bertz CT molecular complexity index is 380. The number of aromatic nitrogens is 2. The highest BCUT2D eigenvalue weighted by Gasteiger charge is 2.23. The Kier molecular flexibility index (Phi) is 12.7. The van der Waals surface area contributed by atoms with E-state index in [1.165, 1.54) is 11.8 Å². The fraction of sp³-hybridized carbons (Fsp3) is 0.833. The molecule has 1 aromatic heterocycles. The van der Waals surface area contributed by atoms with Gasteiger partial charge in [0.15, 0.2) is 0 Å². The summed E-state index contributed by atoms with van der Waals surface area (Å²) in [6, 6.07) is -0.375. The molecule has 0 aliphatic rings. The van der Waals surface area contributed by atoms with Gasteiger partial charge in [0.2, 0.25) is 5.89 Å². The fourth-order valence-electron chi connectivity index (χ4n) is 1.57. The van der Waals surface area contributed by atoms with Gasteiger partial charge in [0.05, 0.1) is 0 Å². The first-order valence-corrected chi connectivity index (χ1v) is 7.43. The van der Waals surface area contributed by atoms with Gasteiger partial charge in [-0.2, -0.15) is 0 Å². The topological polar surface area (TPSA) is 88.4 Å². The number of hydrogen-bond donors (Lipinski definition) is 2. The maximum Gasteiger partial charge on any atom is 0.276 e. The largest absolute Gasteiger partial charge is 0.413 e. The average molecular weight is 361 g/mol. The van der Waals surface area contributed by atoms with Gasteiger partial charge in [-0.1, -0.05) is 25.6 Å². The molecule has 0 spiro atoms. The molecule has 0 aliphatic carbocycles. The van der Waals surface area contributed by atoms with Gasteiger partial charge in [-0.3, -0.25) is 0 Å². The summed E-state index contributed by atoms with van der Waals surface area (Å²) in [5.74, 6) is 1.49. The minimum absolute atomic E-state index is 0. The summed E-state index contributed by atoms with van der Waals surface area (Å²) in [6.07, 6.45) is -0.176. The van der Waals surface area contributed by atoms with Crippen LogP contribution in [0.3, 0.4) is 0 Å². The first kappa shape index (κ1) is 23.2. The minimum atomic E-state index is -0.891. The second-order valence-corrected chi connectivity index (χ2v) is 6.34. The number of aliphatic hydroxyl groups excluding tert-OH is 1. The van der Waals surface area contributed by atoms with Crippen molar-refractivity contribution in [3.63, 3.8) is 0 Å². The molecule has 0 saturated heterocycles. The molecule has 0 bridgehead atoms. The van der Waals surface area contributed by atoms with Gasteiger partial charge in [-0.25, -0.2) is 0 Å². The van der Waals surface area contributed by atoms with Crippen molar-refractivity contribution < 1.29 is 9.52 Å². The van der Waals surface area contributed by atoms with E-state index in [-0.39, 0.29) is 36.7 Å². The van der Waals surface area contributed by atoms with Crippen molar-refractivity contribution in [1.82, 2.24) is 15.1 Å². The van der Waals surface area contributed by atoms with E-state index in [0.29, 0.717) is 17.6 Å². The second kappa shape index (κ2) is 11.5. The monoisotopic (exact) mass is 360 g/mol. The molecule has 1 heterocycles. The van der Waals surface area contributed by atoms with Crippen molar-refractivity contribution >= 4 is 36.6 Å². The highest BCUT2D eigenvalue weighted by atomic mass is 35.5. The Balaban J connectivity index is 0. The van der Waals surface area contributed by atoms with Crippen LogP contribution in [0.5, 0.6) is 0 Å². The molecule has 2 atom stereocenters. The van der Waals surface area contributed by atoms with E-state index >= 15 is 0 Å². The summed E-state index contributed by atoms with van der Waals surface area (Å²) in [5.41, 5.74) is 5.91. The Labute approximate surface area is 143 Å². The molecule has 2 unspecified atom stereocenters. The standard InChI is InChI=1S/C12H24N4O2S.2ClH/c1-8(2)7-9(13)10(17)11-14-15-12(18-11)19-6-5-16(3)4;;/h8-10,17H,5-7,13H2,1-4H3;2*1H. The lowest BCUT2D eigenvalue weighted by Gasteiger charge is -2.17. The van der Waals surface area contributed by atoms with Crippen molar-refractivity contribution in [2.75, 3.05) is 26.4 Å². The molecule has 3 N–H and O–H groups in total. The summed E-state index contributed by atoms with van der Waals surface area (Å²) in [4.78, 5) is 2.08. The molecule has 1 rings (SSSR count). The lowest BCUT2D eigenvalue weighted by molar-refractivity contribution is 0.102. The molecule has 0 amide bonds. The Morgan fingerprint density at radius 3 is 2.43 bits per heavy atom. The molecule has 0 fully saturated rings. The summed E-state index contributed by atoms with van der Waals surface area (Å²) >= 11 is 1.48. The van der Waals surface area contributed by atoms with Gasteiger partial charge in [0.1, 0.15) is 6.10 Å². The van der Waals surface area contributed by atoms with Crippen LogP contribution in [0.2, 0.25) is 0 Å². The molecule has 0 saturated carbocycles. The summed E-state index contributed by atoms with van der Waals surface area (Å²) in [7, 11) is 4.02. The fourth-order valence-corrected chi connectivity index (χ4v) is 2.44. The van der Waals surface area contributed by atoms with Crippen molar-refractivity contribution in [2.45, 2.75) is 37.6 Å².